The summed E-state index contributed by atoms with van der Waals surface area (Å²) in [6.45, 7) is 0. The molecule has 0 aromatic carbocycles. The van der Waals surface area contributed by atoms with Gasteiger partial charge in [-0.2, -0.15) is 4.98 Å². The molecule has 9 nitrogen and oxygen atoms in total. The van der Waals surface area contributed by atoms with E-state index in [2.05, 4.69) is 19.9 Å². The monoisotopic (exact) mass is 316 g/mol. The van der Waals surface area contributed by atoms with Crippen LogP contribution in [0.4, 0.5) is 0 Å². The molecule has 0 unspecified atom stereocenters. The number of H-pyrrole nitrogens is 1. The summed E-state index contributed by atoms with van der Waals surface area (Å²) in [4.78, 5) is 44.2. The van der Waals surface area contributed by atoms with Crippen molar-refractivity contribution in [2.75, 3.05) is 0 Å². The fourth-order valence-corrected chi connectivity index (χ4v) is 1.13. The second-order valence-electron chi connectivity index (χ2n) is 4.20. The van der Waals surface area contributed by atoms with E-state index in [1.165, 1.54) is 54.1 Å². The standard InChI is InChI=1S/2C5H6N2O.C4H4N2O/c1-7-3-2-5(8)6-4-7;1-7-4-6-3-2-5(7)8;7-4-1-2-5-3-6-4/h2*2-4H,1H3;1-3H,(H,5,6,7). The van der Waals surface area contributed by atoms with Gasteiger partial charge in [0.1, 0.15) is 0 Å². The molecule has 0 aliphatic heterocycles. The first-order valence-electron chi connectivity index (χ1n) is 6.42. The smallest absolute Gasteiger partial charge is 0.272 e. The van der Waals surface area contributed by atoms with Crippen molar-refractivity contribution in [2.24, 2.45) is 14.1 Å². The maximum atomic E-state index is 10.5. The second kappa shape index (κ2) is 9.55. The van der Waals surface area contributed by atoms with Crippen molar-refractivity contribution in [3.8, 4) is 0 Å². The lowest BCUT2D eigenvalue weighted by Gasteiger charge is -1.88. The van der Waals surface area contributed by atoms with Crippen LogP contribution in [0.5, 0.6) is 0 Å². The van der Waals surface area contributed by atoms with Gasteiger partial charge in [0.15, 0.2) is 0 Å². The van der Waals surface area contributed by atoms with Crippen molar-refractivity contribution in [2.45, 2.75) is 0 Å². The first-order chi connectivity index (χ1) is 11.0. The Bertz CT molecular complexity index is 846. The molecular formula is C14H16N6O3. The summed E-state index contributed by atoms with van der Waals surface area (Å²) in [5, 5.41) is 0. The summed E-state index contributed by atoms with van der Waals surface area (Å²) in [7, 11) is 3.47. The van der Waals surface area contributed by atoms with E-state index < -0.39 is 0 Å². The molecule has 3 heterocycles. The van der Waals surface area contributed by atoms with Crippen LogP contribution in [-0.4, -0.2) is 29.1 Å². The molecule has 0 fully saturated rings. The molecule has 1 N–H and O–H groups in total. The molecule has 120 valence electrons. The Morgan fingerprint density at radius 1 is 0.957 bits per heavy atom. The van der Waals surface area contributed by atoms with Crippen molar-refractivity contribution in [1.82, 2.24) is 29.1 Å². The maximum absolute atomic E-state index is 10.5. The Morgan fingerprint density at radius 2 is 1.70 bits per heavy atom. The number of aryl methyl sites for hydroxylation is 2. The Hall–Kier alpha value is -3.36. The number of nitrogens with zero attached hydrogens (tertiary/aromatic N) is 5. The average molecular weight is 316 g/mol. The van der Waals surface area contributed by atoms with Crippen LogP contribution in [0.1, 0.15) is 0 Å². The van der Waals surface area contributed by atoms with Gasteiger partial charge in [-0.15, -0.1) is 0 Å². The lowest BCUT2D eigenvalue weighted by Crippen LogP contribution is -2.13. The Morgan fingerprint density at radius 3 is 2.04 bits per heavy atom. The third-order valence-corrected chi connectivity index (χ3v) is 2.30. The van der Waals surface area contributed by atoms with Gasteiger partial charge in [-0.25, -0.2) is 9.97 Å². The molecule has 0 spiro atoms. The molecule has 9 heteroatoms. The average Bonchev–Trinajstić information content (AvgIpc) is 2.55. The van der Waals surface area contributed by atoms with E-state index in [0.29, 0.717) is 0 Å². The molecule has 0 bridgehead atoms. The number of rotatable bonds is 0. The van der Waals surface area contributed by atoms with Crippen molar-refractivity contribution >= 4 is 0 Å². The molecule has 0 radical (unpaired) electrons. The van der Waals surface area contributed by atoms with Gasteiger partial charge in [0.05, 0.1) is 19.0 Å². The van der Waals surface area contributed by atoms with Crippen molar-refractivity contribution < 1.29 is 0 Å². The molecule has 23 heavy (non-hydrogen) atoms. The van der Waals surface area contributed by atoms with Gasteiger partial charge in [-0.3, -0.25) is 14.4 Å². The topological polar surface area (TPSA) is 116 Å². The van der Waals surface area contributed by atoms with Crippen molar-refractivity contribution in [3.05, 3.63) is 86.8 Å². The van der Waals surface area contributed by atoms with Crippen LogP contribution >= 0.6 is 0 Å². The van der Waals surface area contributed by atoms with E-state index in [-0.39, 0.29) is 16.7 Å². The third kappa shape index (κ3) is 7.85. The fourth-order valence-electron chi connectivity index (χ4n) is 1.13. The minimum atomic E-state index is -0.192. The van der Waals surface area contributed by atoms with Crippen molar-refractivity contribution in [3.63, 3.8) is 0 Å². The van der Waals surface area contributed by atoms with Gasteiger partial charge in [0, 0.05) is 50.9 Å². The summed E-state index contributed by atoms with van der Waals surface area (Å²) >= 11 is 0. The largest absolute Gasteiger partial charge is 0.342 e. The summed E-state index contributed by atoms with van der Waals surface area (Å²) in [6.07, 6.45) is 8.88. The number of hydrogen-bond acceptors (Lipinski definition) is 6. The van der Waals surface area contributed by atoms with Gasteiger partial charge >= 0.3 is 0 Å². The van der Waals surface area contributed by atoms with E-state index in [1.807, 2.05) is 7.05 Å². The molecule has 0 saturated carbocycles. The number of nitrogens with one attached hydrogen (secondary N) is 1. The second-order valence-corrected chi connectivity index (χ2v) is 4.20. The van der Waals surface area contributed by atoms with E-state index >= 15 is 0 Å². The number of aromatic nitrogens is 6. The third-order valence-electron chi connectivity index (χ3n) is 2.30. The molecule has 0 atom stereocenters. The first kappa shape index (κ1) is 17.7. The normalized spacial score (nSPS) is 8.96. The predicted octanol–water partition coefficient (Wildman–Crippen LogP) is -0.669. The SMILES string of the molecule is Cn1ccc(=O)nc1.Cn1cnccc1=O.O=c1ccnc[nH]1. The molecular weight excluding hydrogens is 300 g/mol. The molecule has 0 aliphatic carbocycles. The number of hydrogen-bond donors (Lipinski definition) is 1. The van der Waals surface area contributed by atoms with E-state index in [1.54, 1.807) is 17.8 Å². The summed E-state index contributed by atoms with van der Waals surface area (Å²) in [5.74, 6) is 0. The van der Waals surface area contributed by atoms with Crippen LogP contribution in [-0.2, 0) is 14.1 Å². The van der Waals surface area contributed by atoms with Crippen LogP contribution in [0, 0.1) is 0 Å². The fraction of sp³-hybridized carbons (Fsp3) is 0.143. The highest BCUT2D eigenvalue weighted by Crippen LogP contribution is 1.69. The minimum Gasteiger partial charge on any atom is -0.342 e. The minimum absolute atomic E-state index is 0.0278. The molecule has 0 aliphatic rings. The van der Waals surface area contributed by atoms with Gasteiger partial charge in [-0.05, 0) is 0 Å². The van der Waals surface area contributed by atoms with Crippen LogP contribution in [0.2, 0.25) is 0 Å². The van der Waals surface area contributed by atoms with Crippen molar-refractivity contribution in [1.29, 1.82) is 0 Å². The Labute approximate surface area is 131 Å². The molecule has 3 aromatic rings. The molecule has 3 aromatic heterocycles. The zero-order chi connectivity index (χ0) is 17.1. The van der Waals surface area contributed by atoms with Crippen LogP contribution in [0.15, 0.2) is 70.2 Å². The highest BCUT2D eigenvalue weighted by Gasteiger charge is 1.80. The maximum Gasteiger partial charge on any atom is 0.272 e. The molecule has 0 amide bonds. The summed E-state index contributed by atoms with van der Waals surface area (Å²) in [5.41, 5.74) is -0.335. The summed E-state index contributed by atoms with van der Waals surface area (Å²) < 4.78 is 3.13. The Kier molecular flexibility index (Phi) is 7.35. The van der Waals surface area contributed by atoms with Gasteiger partial charge in [0.2, 0.25) is 0 Å². The van der Waals surface area contributed by atoms with Crippen LogP contribution in [0.3, 0.4) is 0 Å². The lowest BCUT2D eigenvalue weighted by molar-refractivity contribution is 0.824. The molecule has 0 saturated heterocycles. The first-order valence-corrected chi connectivity index (χ1v) is 6.42. The number of aromatic amines is 1. The summed E-state index contributed by atoms with van der Waals surface area (Å²) in [6, 6.07) is 4.19. The van der Waals surface area contributed by atoms with E-state index in [9.17, 15) is 14.4 Å². The highest BCUT2D eigenvalue weighted by molar-refractivity contribution is 4.80. The lowest BCUT2D eigenvalue weighted by atomic mass is 10.6. The zero-order valence-corrected chi connectivity index (χ0v) is 12.7. The highest BCUT2D eigenvalue weighted by atomic mass is 16.1. The quantitative estimate of drug-likeness (QED) is 0.588. The van der Waals surface area contributed by atoms with Gasteiger partial charge < -0.3 is 14.1 Å². The van der Waals surface area contributed by atoms with Gasteiger partial charge in [0.25, 0.3) is 16.7 Å². The van der Waals surface area contributed by atoms with Crippen LogP contribution in [0.25, 0.3) is 0 Å². The zero-order valence-electron chi connectivity index (χ0n) is 12.7. The predicted molar refractivity (Wildman–Crippen MR) is 83.8 cm³/mol. The molecule has 3 rings (SSSR count). The van der Waals surface area contributed by atoms with E-state index in [4.69, 9.17) is 0 Å². The Balaban J connectivity index is 0.000000173. The van der Waals surface area contributed by atoms with Gasteiger partial charge in [-0.1, -0.05) is 0 Å². The van der Waals surface area contributed by atoms with E-state index in [0.717, 1.165) is 0 Å². The van der Waals surface area contributed by atoms with Crippen LogP contribution < -0.4 is 16.7 Å².